The molecular formula is C14H28FN2O3+. The highest BCUT2D eigenvalue weighted by atomic mass is 19.1. The number of nitrogens with one attached hydrogen (secondary N) is 1. The summed E-state index contributed by atoms with van der Waals surface area (Å²) in [5.41, 5.74) is 0. The van der Waals surface area contributed by atoms with E-state index < -0.39 is 12.1 Å². The second-order valence-electron chi connectivity index (χ2n) is 5.81. The van der Waals surface area contributed by atoms with E-state index in [0.717, 1.165) is 6.42 Å². The van der Waals surface area contributed by atoms with Gasteiger partial charge in [0.25, 0.3) is 0 Å². The van der Waals surface area contributed by atoms with Crippen molar-refractivity contribution >= 4 is 11.9 Å². The Morgan fingerprint density at radius 3 is 2.50 bits per heavy atom. The molecule has 5 nitrogen and oxygen atoms in total. The molecule has 0 rings (SSSR count). The van der Waals surface area contributed by atoms with Crippen LogP contribution in [0, 0.1) is 0 Å². The van der Waals surface area contributed by atoms with Crippen molar-refractivity contribution in [3.05, 3.63) is 0 Å². The quantitative estimate of drug-likeness (QED) is 0.448. The smallest absolute Gasteiger partial charge is 0.359 e. The van der Waals surface area contributed by atoms with Crippen LogP contribution in [0.1, 0.15) is 39.0 Å². The summed E-state index contributed by atoms with van der Waals surface area (Å²) < 4.78 is 13.3. The Kier molecular flexibility index (Phi) is 9.12. The van der Waals surface area contributed by atoms with Crippen LogP contribution in [-0.2, 0) is 9.59 Å². The van der Waals surface area contributed by atoms with E-state index in [0.29, 0.717) is 43.3 Å². The number of carbonyl (C=O) groups excluding carboxylic acids is 1. The second kappa shape index (κ2) is 9.69. The Balaban J connectivity index is 3.64. The van der Waals surface area contributed by atoms with Gasteiger partial charge in [0.15, 0.2) is 6.54 Å². The van der Waals surface area contributed by atoms with Crippen LogP contribution in [-0.4, -0.2) is 61.4 Å². The first-order valence-electron chi connectivity index (χ1n) is 7.21. The molecule has 0 aromatic carbocycles. The van der Waals surface area contributed by atoms with E-state index in [1.54, 1.807) is 6.92 Å². The van der Waals surface area contributed by atoms with Crippen LogP contribution >= 0.6 is 0 Å². The molecule has 1 atom stereocenters. The molecule has 118 valence electrons. The van der Waals surface area contributed by atoms with Crippen molar-refractivity contribution in [3.63, 3.8) is 0 Å². The molecule has 0 fully saturated rings. The van der Waals surface area contributed by atoms with Crippen molar-refractivity contribution in [2.45, 2.75) is 45.2 Å². The summed E-state index contributed by atoms with van der Waals surface area (Å²) in [6.45, 7) is 3.09. The Labute approximate surface area is 120 Å². The number of alkyl halides is 1. The molecule has 0 aliphatic carbocycles. The molecule has 0 aliphatic heterocycles. The third-order valence-electron chi connectivity index (χ3n) is 3.19. The number of nitrogens with zero attached hydrogens (tertiary/aromatic N) is 1. The molecule has 0 bridgehead atoms. The van der Waals surface area contributed by atoms with Gasteiger partial charge in [0, 0.05) is 19.4 Å². The number of halogens is 1. The van der Waals surface area contributed by atoms with Gasteiger partial charge in [0.1, 0.15) is 0 Å². The van der Waals surface area contributed by atoms with Gasteiger partial charge in [-0.25, -0.2) is 9.18 Å². The van der Waals surface area contributed by atoms with Crippen molar-refractivity contribution < 1.29 is 23.6 Å². The summed E-state index contributed by atoms with van der Waals surface area (Å²) in [6, 6.07) is 0. The van der Waals surface area contributed by atoms with Crippen molar-refractivity contribution in [1.82, 2.24) is 5.32 Å². The number of likely N-dealkylation sites (N-methyl/N-ethyl adjacent to an activating group) is 1. The fourth-order valence-corrected chi connectivity index (χ4v) is 1.96. The van der Waals surface area contributed by atoms with E-state index in [9.17, 15) is 14.0 Å². The van der Waals surface area contributed by atoms with Crippen LogP contribution in [0.2, 0.25) is 0 Å². The summed E-state index contributed by atoms with van der Waals surface area (Å²) in [7, 11) is 3.70. The molecule has 0 spiro atoms. The zero-order valence-corrected chi connectivity index (χ0v) is 12.8. The highest BCUT2D eigenvalue weighted by Gasteiger charge is 2.18. The fourth-order valence-electron chi connectivity index (χ4n) is 1.96. The second-order valence-corrected chi connectivity index (χ2v) is 5.81. The third kappa shape index (κ3) is 10.7. The highest BCUT2D eigenvalue weighted by molar-refractivity contribution is 5.75. The Bertz CT molecular complexity index is 309. The van der Waals surface area contributed by atoms with Crippen LogP contribution in [0.25, 0.3) is 0 Å². The topological polar surface area (TPSA) is 66.4 Å². The number of carboxylic acid groups (broad SMARTS) is 1. The average molecular weight is 291 g/mol. The van der Waals surface area contributed by atoms with Crippen molar-refractivity contribution in [3.8, 4) is 0 Å². The van der Waals surface area contributed by atoms with E-state index in [-0.39, 0.29) is 12.5 Å². The zero-order chi connectivity index (χ0) is 15.6. The van der Waals surface area contributed by atoms with Crippen LogP contribution in [0.5, 0.6) is 0 Å². The highest BCUT2D eigenvalue weighted by Crippen LogP contribution is 2.07. The van der Waals surface area contributed by atoms with E-state index >= 15 is 0 Å². The molecule has 0 aliphatic rings. The van der Waals surface area contributed by atoms with Gasteiger partial charge in [-0.1, -0.05) is 6.92 Å². The minimum absolute atomic E-state index is 0.0585. The lowest BCUT2D eigenvalue weighted by molar-refractivity contribution is -0.883. The van der Waals surface area contributed by atoms with Gasteiger partial charge in [-0.3, -0.25) is 4.79 Å². The maximum absolute atomic E-state index is 12.9. The number of carbonyl (C=O) groups is 2. The Morgan fingerprint density at radius 2 is 1.95 bits per heavy atom. The first-order chi connectivity index (χ1) is 9.26. The van der Waals surface area contributed by atoms with Gasteiger partial charge in [-0.15, -0.1) is 0 Å². The van der Waals surface area contributed by atoms with Gasteiger partial charge in [-0.05, 0) is 19.3 Å². The normalized spacial score (nSPS) is 13.0. The number of amides is 1. The standard InChI is InChI=1S/C14H27FN2O3/c1-4-12(15)7-5-8-13(18)16-9-6-10-17(2,3)11-14(19)20/h12H,4-11H2,1-3H3,(H-,16,18,19,20)/p+1. The van der Waals surface area contributed by atoms with Gasteiger partial charge in [0.05, 0.1) is 26.8 Å². The Hall–Kier alpha value is -1.17. The summed E-state index contributed by atoms with van der Waals surface area (Å²) >= 11 is 0. The van der Waals surface area contributed by atoms with E-state index in [2.05, 4.69) is 5.32 Å². The monoisotopic (exact) mass is 291 g/mol. The molecule has 0 aromatic rings. The molecule has 6 heteroatoms. The molecule has 0 saturated heterocycles. The lowest BCUT2D eigenvalue weighted by Crippen LogP contribution is -2.45. The van der Waals surface area contributed by atoms with Crippen LogP contribution < -0.4 is 5.32 Å². The van der Waals surface area contributed by atoms with E-state index in [1.807, 2.05) is 14.1 Å². The number of aliphatic carboxylic acids is 1. The molecule has 0 radical (unpaired) electrons. The number of carboxylic acids is 1. The van der Waals surface area contributed by atoms with Crippen molar-refractivity contribution in [2.24, 2.45) is 0 Å². The largest absolute Gasteiger partial charge is 0.477 e. The SMILES string of the molecule is CCC(F)CCCC(=O)NCCC[N+](C)(C)CC(=O)O. The van der Waals surface area contributed by atoms with Gasteiger partial charge in [-0.2, -0.15) is 0 Å². The lowest BCUT2D eigenvalue weighted by atomic mass is 10.1. The van der Waals surface area contributed by atoms with E-state index in [4.69, 9.17) is 5.11 Å². The maximum Gasteiger partial charge on any atom is 0.359 e. The Morgan fingerprint density at radius 1 is 1.30 bits per heavy atom. The maximum atomic E-state index is 12.9. The molecule has 0 aromatic heterocycles. The molecule has 2 N–H and O–H groups in total. The summed E-state index contributed by atoms with van der Waals surface area (Å²) in [4.78, 5) is 22.1. The number of rotatable bonds is 11. The molecule has 0 saturated carbocycles. The minimum Gasteiger partial charge on any atom is -0.477 e. The van der Waals surface area contributed by atoms with E-state index in [1.165, 1.54) is 0 Å². The first-order valence-corrected chi connectivity index (χ1v) is 7.21. The number of quaternary nitrogens is 1. The van der Waals surface area contributed by atoms with Gasteiger partial charge >= 0.3 is 5.97 Å². The van der Waals surface area contributed by atoms with Crippen LogP contribution in [0.4, 0.5) is 4.39 Å². The molecule has 0 heterocycles. The fraction of sp³-hybridized carbons (Fsp3) is 0.857. The van der Waals surface area contributed by atoms with Crippen LogP contribution in [0.15, 0.2) is 0 Å². The molecule has 1 unspecified atom stereocenters. The van der Waals surface area contributed by atoms with Gasteiger partial charge in [0.2, 0.25) is 5.91 Å². The molecular weight excluding hydrogens is 263 g/mol. The van der Waals surface area contributed by atoms with Crippen molar-refractivity contribution in [2.75, 3.05) is 33.7 Å². The van der Waals surface area contributed by atoms with Crippen LogP contribution in [0.3, 0.4) is 0 Å². The van der Waals surface area contributed by atoms with Gasteiger partial charge < -0.3 is 14.9 Å². The average Bonchev–Trinajstić information content (AvgIpc) is 2.32. The first kappa shape index (κ1) is 18.8. The third-order valence-corrected chi connectivity index (χ3v) is 3.19. The summed E-state index contributed by atoms with van der Waals surface area (Å²) in [5, 5.41) is 11.5. The predicted octanol–water partition coefficient (Wildman–Crippen LogP) is 1.57. The summed E-state index contributed by atoms with van der Waals surface area (Å²) in [5.74, 6) is -0.882. The number of hydrogen-bond donors (Lipinski definition) is 2. The molecule has 20 heavy (non-hydrogen) atoms. The summed E-state index contributed by atoms with van der Waals surface area (Å²) in [6.07, 6.45) is 1.78. The zero-order valence-electron chi connectivity index (χ0n) is 12.8. The lowest BCUT2D eigenvalue weighted by Gasteiger charge is -2.27. The molecule has 1 amide bonds. The predicted molar refractivity (Wildman–Crippen MR) is 76.1 cm³/mol. The number of hydrogen-bond acceptors (Lipinski definition) is 2. The van der Waals surface area contributed by atoms with Crippen molar-refractivity contribution in [1.29, 1.82) is 0 Å². The minimum atomic E-state index is -0.823.